The molecule has 1 atom stereocenters. The lowest BCUT2D eigenvalue weighted by Gasteiger charge is -2.21. The van der Waals surface area contributed by atoms with Crippen LogP contribution in [0.1, 0.15) is 30.6 Å². The molecule has 112 valence electrons. The molecule has 0 aliphatic heterocycles. The minimum atomic E-state index is -0.433. The molecule has 1 N–H and O–H groups in total. The number of benzene rings is 1. The first-order valence-corrected chi connectivity index (χ1v) is 8.49. The fourth-order valence-corrected chi connectivity index (χ4v) is 2.98. The first-order valence-electron chi connectivity index (χ1n) is 6.53. The van der Waals surface area contributed by atoms with E-state index < -0.39 is 5.82 Å². The highest BCUT2D eigenvalue weighted by molar-refractivity contribution is 9.10. The molecule has 0 radical (unpaired) electrons. The predicted octanol–water partition coefficient (Wildman–Crippen LogP) is 5.49. The van der Waals surface area contributed by atoms with Gasteiger partial charge in [0, 0.05) is 20.7 Å². The molecule has 2 nitrogen and oxygen atoms in total. The van der Waals surface area contributed by atoms with Crippen molar-refractivity contribution in [2.24, 2.45) is 0 Å². The van der Waals surface area contributed by atoms with Crippen molar-refractivity contribution in [3.05, 3.63) is 61.5 Å². The highest BCUT2D eigenvalue weighted by Gasteiger charge is 2.23. The van der Waals surface area contributed by atoms with E-state index in [1.807, 2.05) is 12.1 Å². The minimum Gasteiger partial charge on any atom is -0.305 e. The van der Waals surface area contributed by atoms with Gasteiger partial charge >= 0.3 is 0 Å². The number of rotatable bonds is 5. The SMILES string of the molecule is CCCNC(c1ccc(Br)c(Cl)c1F)c1ncccc1Br. The molecule has 0 fully saturated rings. The number of hydrogen-bond donors (Lipinski definition) is 1. The molecule has 1 heterocycles. The number of aromatic nitrogens is 1. The van der Waals surface area contributed by atoms with Crippen LogP contribution in [0, 0.1) is 5.82 Å². The van der Waals surface area contributed by atoms with Crippen LogP contribution in [0.2, 0.25) is 5.02 Å². The summed E-state index contributed by atoms with van der Waals surface area (Å²) in [5, 5.41) is 3.41. The van der Waals surface area contributed by atoms with Crippen LogP contribution in [0.15, 0.2) is 39.4 Å². The maximum atomic E-state index is 14.5. The number of nitrogens with one attached hydrogen (secondary N) is 1. The Morgan fingerprint density at radius 2 is 2.05 bits per heavy atom. The van der Waals surface area contributed by atoms with E-state index >= 15 is 0 Å². The number of halogens is 4. The maximum Gasteiger partial charge on any atom is 0.148 e. The molecule has 0 aliphatic carbocycles. The molecule has 0 amide bonds. The zero-order chi connectivity index (χ0) is 15.4. The van der Waals surface area contributed by atoms with Gasteiger partial charge in [0.05, 0.1) is 16.8 Å². The second-order valence-corrected chi connectivity index (χ2v) is 6.61. The molecule has 0 saturated carbocycles. The molecule has 0 saturated heterocycles. The Balaban J connectivity index is 2.51. The van der Waals surface area contributed by atoms with Crippen molar-refractivity contribution < 1.29 is 4.39 Å². The van der Waals surface area contributed by atoms with Gasteiger partial charge in [0.1, 0.15) is 5.82 Å². The average molecular weight is 437 g/mol. The van der Waals surface area contributed by atoms with Crippen molar-refractivity contribution >= 4 is 43.5 Å². The van der Waals surface area contributed by atoms with Gasteiger partial charge < -0.3 is 5.32 Å². The summed E-state index contributed by atoms with van der Waals surface area (Å²) in [5.74, 6) is -0.433. The fourth-order valence-electron chi connectivity index (χ4n) is 2.02. The Hall–Kier alpha value is -0.490. The van der Waals surface area contributed by atoms with E-state index in [9.17, 15) is 4.39 Å². The molecule has 2 rings (SSSR count). The quantitative estimate of drug-likeness (QED) is 0.627. The van der Waals surface area contributed by atoms with Gasteiger partial charge in [-0.2, -0.15) is 0 Å². The van der Waals surface area contributed by atoms with Crippen molar-refractivity contribution in [1.29, 1.82) is 0 Å². The molecule has 0 aliphatic rings. The number of hydrogen-bond acceptors (Lipinski definition) is 2. The van der Waals surface area contributed by atoms with Crippen molar-refractivity contribution in [2.45, 2.75) is 19.4 Å². The molecular formula is C15H14Br2ClFN2. The van der Waals surface area contributed by atoms with Crippen LogP contribution in [0.25, 0.3) is 0 Å². The summed E-state index contributed by atoms with van der Waals surface area (Å²) in [6.45, 7) is 2.81. The molecule has 1 aromatic heterocycles. The summed E-state index contributed by atoms with van der Waals surface area (Å²) in [4.78, 5) is 4.37. The minimum absolute atomic E-state index is 0.0860. The Bertz CT molecular complexity index is 637. The van der Waals surface area contributed by atoms with E-state index in [0.717, 1.165) is 23.1 Å². The summed E-state index contributed by atoms with van der Waals surface area (Å²) in [5.41, 5.74) is 1.22. The Kier molecular flexibility index (Phi) is 6.17. The fraction of sp³-hybridized carbons (Fsp3) is 0.267. The number of pyridine rings is 1. The van der Waals surface area contributed by atoms with Crippen molar-refractivity contribution in [3.8, 4) is 0 Å². The Morgan fingerprint density at radius 3 is 2.71 bits per heavy atom. The van der Waals surface area contributed by atoms with E-state index in [1.54, 1.807) is 18.3 Å². The zero-order valence-electron chi connectivity index (χ0n) is 11.3. The molecule has 1 unspecified atom stereocenters. The third kappa shape index (κ3) is 3.83. The number of nitrogens with zero attached hydrogens (tertiary/aromatic N) is 1. The maximum absolute atomic E-state index is 14.5. The van der Waals surface area contributed by atoms with Crippen LogP contribution in [-0.2, 0) is 0 Å². The first kappa shape index (κ1) is 16.9. The van der Waals surface area contributed by atoms with Crippen molar-refractivity contribution in [1.82, 2.24) is 10.3 Å². The van der Waals surface area contributed by atoms with Gasteiger partial charge in [0.25, 0.3) is 0 Å². The van der Waals surface area contributed by atoms with E-state index in [0.29, 0.717) is 10.0 Å². The summed E-state index contributed by atoms with van der Waals surface area (Å²) in [7, 11) is 0. The van der Waals surface area contributed by atoms with Crippen LogP contribution in [0.3, 0.4) is 0 Å². The molecule has 1 aromatic carbocycles. The second-order valence-electron chi connectivity index (χ2n) is 4.52. The topological polar surface area (TPSA) is 24.9 Å². The molecule has 0 bridgehead atoms. The lowest BCUT2D eigenvalue weighted by molar-refractivity contribution is 0.538. The van der Waals surface area contributed by atoms with Crippen LogP contribution in [0.4, 0.5) is 4.39 Å². The van der Waals surface area contributed by atoms with E-state index in [4.69, 9.17) is 11.6 Å². The normalized spacial score (nSPS) is 12.4. The van der Waals surface area contributed by atoms with Gasteiger partial charge in [0.2, 0.25) is 0 Å². The van der Waals surface area contributed by atoms with Crippen molar-refractivity contribution in [3.63, 3.8) is 0 Å². The lowest BCUT2D eigenvalue weighted by Crippen LogP contribution is -2.25. The Labute approximate surface area is 145 Å². The average Bonchev–Trinajstić information content (AvgIpc) is 2.48. The molecular weight excluding hydrogens is 422 g/mol. The summed E-state index contributed by atoms with van der Waals surface area (Å²) in [6.07, 6.45) is 2.63. The first-order chi connectivity index (χ1) is 10.1. The zero-order valence-corrected chi connectivity index (χ0v) is 15.3. The van der Waals surface area contributed by atoms with Crippen molar-refractivity contribution in [2.75, 3.05) is 6.54 Å². The van der Waals surface area contributed by atoms with Gasteiger partial charge in [-0.05, 0) is 63.0 Å². The summed E-state index contributed by atoms with van der Waals surface area (Å²) in [6, 6.07) is 6.83. The monoisotopic (exact) mass is 434 g/mol. The van der Waals surface area contributed by atoms with Gasteiger partial charge in [-0.3, -0.25) is 4.98 Å². The van der Waals surface area contributed by atoms with Crippen LogP contribution >= 0.6 is 43.5 Å². The van der Waals surface area contributed by atoms with E-state index in [2.05, 4.69) is 49.1 Å². The van der Waals surface area contributed by atoms with E-state index in [1.165, 1.54) is 0 Å². The predicted molar refractivity (Wildman–Crippen MR) is 91.2 cm³/mol. The van der Waals surface area contributed by atoms with Crippen LogP contribution in [-0.4, -0.2) is 11.5 Å². The lowest BCUT2D eigenvalue weighted by atomic mass is 10.0. The van der Waals surface area contributed by atoms with E-state index in [-0.39, 0.29) is 11.1 Å². The largest absolute Gasteiger partial charge is 0.305 e. The molecule has 21 heavy (non-hydrogen) atoms. The van der Waals surface area contributed by atoms with Gasteiger partial charge in [-0.15, -0.1) is 0 Å². The van der Waals surface area contributed by atoms with Gasteiger partial charge in [0.15, 0.2) is 0 Å². The highest BCUT2D eigenvalue weighted by Crippen LogP contribution is 2.34. The molecule has 2 aromatic rings. The van der Waals surface area contributed by atoms with Gasteiger partial charge in [-0.25, -0.2) is 4.39 Å². The van der Waals surface area contributed by atoms with Gasteiger partial charge in [-0.1, -0.05) is 24.6 Å². The highest BCUT2D eigenvalue weighted by atomic mass is 79.9. The third-order valence-electron chi connectivity index (χ3n) is 3.03. The molecule has 0 spiro atoms. The second kappa shape index (κ2) is 7.68. The standard InChI is InChI=1S/C15H14Br2ClFN2/c1-2-7-20-14(15-11(17)4-3-8-21-15)9-5-6-10(16)12(18)13(9)19/h3-6,8,14,20H,2,7H2,1H3. The summed E-state index contributed by atoms with van der Waals surface area (Å²) < 4.78 is 15.9. The molecule has 6 heteroatoms. The smallest absolute Gasteiger partial charge is 0.148 e. The third-order valence-corrected chi connectivity index (χ3v) is 4.96. The Morgan fingerprint density at radius 1 is 1.29 bits per heavy atom. The summed E-state index contributed by atoms with van der Waals surface area (Å²) >= 11 is 12.7. The van der Waals surface area contributed by atoms with Crippen LogP contribution in [0.5, 0.6) is 0 Å². The van der Waals surface area contributed by atoms with Crippen LogP contribution < -0.4 is 5.32 Å².